The molecule has 2 heterocycles. The number of rotatable bonds is 6. The average Bonchev–Trinajstić information content (AvgIpc) is 2.84. The Labute approximate surface area is 129 Å². The zero-order valence-electron chi connectivity index (χ0n) is 14.1. The molecule has 1 N–H and O–H groups in total. The van der Waals surface area contributed by atoms with Crippen LogP contribution >= 0.6 is 0 Å². The molecule has 1 aromatic heterocycles. The summed E-state index contributed by atoms with van der Waals surface area (Å²) in [6.07, 6.45) is 5.42. The van der Waals surface area contributed by atoms with Crippen molar-refractivity contribution in [1.29, 1.82) is 0 Å². The molecule has 1 atom stereocenters. The van der Waals surface area contributed by atoms with Crippen LogP contribution in [-0.4, -0.2) is 44.8 Å². The Balaban J connectivity index is 1.84. The minimum absolute atomic E-state index is 0.212. The van der Waals surface area contributed by atoms with E-state index >= 15 is 0 Å². The second-order valence-corrected chi connectivity index (χ2v) is 7.27. The SMILES string of the molecule is CCCn1ncnc1CN1CCCC(CNC(C)(C)C)C1. The smallest absolute Gasteiger partial charge is 0.141 e. The summed E-state index contributed by atoms with van der Waals surface area (Å²) in [5.74, 6) is 1.86. The molecule has 5 nitrogen and oxygen atoms in total. The summed E-state index contributed by atoms with van der Waals surface area (Å²) in [4.78, 5) is 6.97. The number of nitrogens with zero attached hydrogens (tertiary/aromatic N) is 4. The van der Waals surface area contributed by atoms with Gasteiger partial charge in [0.2, 0.25) is 0 Å². The van der Waals surface area contributed by atoms with Crippen LogP contribution in [0.1, 0.15) is 52.8 Å². The zero-order chi connectivity index (χ0) is 15.3. The van der Waals surface area contributed by atoms with Crippen molar-refractivity contribution >= 4 is 0 Å². The molecule has 0 saturated carbocycles. The lowest BCUT2D eigenvalue weighted by Crippen LogP contribution is -2.44. The van der Waals surface area contributed by atoms with Crippen LogP contribution in [0.2, 0.25) is 0 Å². The Hall–Kier alpha value is -0.940. The topological polar surface area (TPSA) is 46.0 Å². The van der Waals surface area contributed by atoms with Gasteiger partial charge in [-0.1, -0.05) is 6.92 Å². The van der Waals surface area contributed by atoms with Gasteiger partial charge in [-0.15, -0.1) is 0 Å². The van der Waals surface area contributed by atoms with Gasteiger partial charge in [0, 0.05) is 18.6 Å². The molecule has 1 aliphatic rings. The Morgan fingerprint density at radius 2 is 2.19 bits per heavy atom. The predicted molar refractivity (Wildman–Crippen MR) is 86.1 cm³/mol. The van der Waals surface area contributed by atoms with Crippen molar-refractivity contribution in [2.75, 3.05) is 19.6 Å². The summed E-state index contributed by atoms with van der Waals surface area (Å²) in [6.45, 7) is 14.3. The van der Waals surface area contributed by atoms with Crippen LogP contribution in [0.25, 0.3) is 0 Å². The Kier molecular flexibility index (Phi) is 5.76. The van der Waals surface area contributed by atoms with Crippen LogP contribution in [0.5, 0.6) is 0 Å². The van der Waals surface area contributed by atoms with Gasteiger partial charge in [0.1, 0.15) is 12.2 Å². The molecule has 1 unspecified atom stereocenters. The largest absolute Gasteiger partial charge is 0.312 e. The first kappa shape index (κ1) is 16.4. The first-order chi connectivity index (χ1) is 9.98. The highest BCUT2D eigenvalue weighted by molar-refractivity contribution is 4.87. The van der Waals surface area contributed by atoms with E-state index < -0.39 is 0 Å². The van der Waals surface area contributed by atoms with Gasteiger partial charge in [-0.2, -0.15) is 5.10 Å². The lowest BCUT2D eigenvalue weighted by atomic mass is 9.96. The van der Waals surface area contributed by atoms with Gasteiger partial charge in [-0.05, 0) is 59.0 Å². The summed E-state index contributed by atoms with van der Waals surface area (Å²) >= 11 is 0. The van der Waals surface area contributed by atoms with Crippen molar-refractivity contribution in [2.45, 2.75) is 65.6 Å². The third kappa shape index (κ3) is 5.40. The number of piperidine rings is 1. The molecule has 1 fully saturated rings. The Bertz CT molecular complexity index is 421. The van der Waals surface area contributed by atoms with E-state index in [4.69, 9.17) is 0 Å². The van der Waals surface area contributed by atoms with Gasteiger partial charge >= 0.3 is 0 Å². The fourth-order valence-electron chi connectivity index (χ4n) is 2.92. The van der Waals surface area contributed by atoms with Gasteiger partial charge in [0.25, 0.3) is 0 Å². The van der Waals surface area contributed by atoms with E-state index in [0.717, 1.165) is 37.8 Å². The van der Waals surface area contributed by atoms with Crippen LogP contribution in [0.3, 0.4) is 0 Å². The lowest BCUT2D eigenvalue weighted by molar-refractivity contribution is 0.154. The number of aryl methyl sites for hydroxylation is 1. The third-order valence-electron chi connectivity index (χ3n) is 4.02. The molecule has 1 saturated heterocycles. The number of nitrogens with one attached hydrogen (secondary N) is 1. The molecule has 0 bridgehead atoms. The van der Waals surface area contributed by atoms with E-state index in [9.17, 15) is 0 Å². The molecule has 0 amide bonds. The van der Waals surface area contributed by atoms with Crippen LogP contribution in [0.15, 0.2) is 6.33 Å². The molecule has 120 valence electrons. The molecule has 2 rings (SSSR count). The fourth-order valence-corrected chi connectivity index (χ4v) is 2.92. The summed E-state index contributed by atoms with van der Waals surface area (Å²) in [5.41, 5.74) is 0.212. The maximum Gasteiger partial charge on any atom is 0.141 e. The van der Waals surface area contributed by atoms with E-state index in [1.54, 1.807) is 6.33 Å². The molecule has 5 heteroatoms. The highest BCUT2D eigenvalue weighted by Gasteiger charge is 2.22. The first-order valence-corrected chi connectivity index (χ1v) is 8.32. The van der Waals surface area contributed by atoms with E-state index in [1.807, 2.05) is 0 Å². The molecule has 0 aliphatic carbocycles. The summed E-state index contributed by atoms with van der Waals surface area (Å²) in [6, 6.07) is 0. The van der Waals surface area contributed by atoms with Gasteiger partial charge in [-0.3, -0.25) is 4.90 Å². The standard InChI is InChI=1S/C16H31N5/c1-5-8-21-15(17-13-19-21)12-20-9-6-7-14(11-20)10-18-16(2,3)4/h13-14,18H,5-12H2,1-4H3. The molecule has 0 aromatic carbocycles. The van der Waals surface area contributed by atoms with Crippen molar-refractivity contribution in [3.8, 4) is 0 Å². The van der Waals surface area contributed by atoms with Gasteiger partial charge < -0.3 is 5.32 Å². The molecular weight excluding hydrogens is 262 g/mol. The molecule has 1 aliphatic heterocycles. The van der Waals surface area contributed by atoms with Gasteiger partial charge in [0.05, 0.1) is 6.54 Å². The highest BCUT2D eigenvalue weighted by Crippen LogP contribution is 2.18. The second-order valence-electron chi connectivity index (χ2n) is 7.27. The number of hydrogen-bond donors (Lipinski definition) is 1. The van der Waals surface area contributed by atoms with Crippen LogP contribution in [-0.2, 0) is 13.1 Å². The number of likely N-dealkylation sites (tertiary alicyclic amines) is 1. The maximum absolute atomic E-state index is 4.43. The summed E-state index contributed by atoms with van der Waals surface area (Å²) in [7, 11) is 0. The number of aromatic nitrogens is 3. The van der Waals surface area contributed by atoms with Crippen molar-refractivity contribution in [3.63, 3.8) is 0 Å². The lowest BCUT2D eigenvalue weighted by Gasteiger charge is -2.34. The number of hydrogen-bond acceptors (Lipinski definition) is 4. The molecule has 0 radical (unpaired) electrons. The van der Waals surface area contributed by atoms with E-state index in [1.165, 1.54) is 25.9 Å². The fraction of sp³-hybridized carbons (Fsp3) is 0.875. The van der Waals surface area contributed by atoms with Crippen molar-refractivity contribution < 1.29 is 0 Å². The second kappa shape index (κ2) is 7.36. The quantitative estimate of drug-likeness (QED) is 0.874. The van der Waals surface area contributed by atoms with Crippen LogP contribution < -0.4 is 5.32 Å². The first-order valence-electron chi connectivity index (χ1n) is 8.32. The zero-order valence-corrected chi connectivity index (χ0v) is 14.1. The molecular formula is C16H31N5. The minimum atomic E-state index is 0.212. The summed E-state index contributed by atoms with van der Waals surface area (Å²) < 4.78 is 2.05. The van der Waals surface area contributed by atoms with Crippen LogP contribution in [0.4, 0.5) is 0 Å². The third-order valence-corrected chi connectivity index (χ3v) is 4.02. The summed E-state index contributed by atoms with van der Waals surface area (Å²) in [5, 5.41) is 7.97. The van der Waals surface area contributed by atoms with Crippen molar-refractivity contribution in [3.05, 3.63) is 12.2 Å². The van der Waals surface area contributed by atoms with E-state index in [0.29, 0.717) is 0 Å². The molecule has 1 aromatic rings. The van der Waals surface area contributed by atoms with Crippen molar-refractivity contribution in [1.82, 2.24) is 25.0 Å². The minimum Gasteiger partial charge on any atom is -0.312 e. The monoisotopic (exact) mass is 293 g/mol. The maximum atomic E-state index is 4.43. The van der Waals surface area contributed by atoms with Crippen molar-refractivity contribution in [2.24, 2.45) is 5.92 Å². The van der Waals surface area contributed by atoms with E-state index in [-0.39, 0.29) is 5.54 Å². The van der Waals surface area contributed by atoms with E-state index in [2.05, 4.69) is 52.7 Å². The van der Waals surface area contributed by atoms with Crippen LogP contribution in [0, 0.1) is 5.92 Å². The molecule has 0 spiro atoms. The highest BCUT2D eigenvalue weighted by atomic mass is 15.3. The predicted octanol–water partition coefficient (Wildman–Crippen LogP) is 2.29. The normalized spacial score (nSPS) is 20.9. The van der Waals surface area contributed by atoms with Gasteiger partial charge in [0.15, 0.2) is 0 Å². The molecule has 21 heavy (non-hydrogen) atoms. The average molecular weight is 293 g/mol. The Morgan fingerprint density at radius 3 is 2.90 bits per heavy atom. The Morgan fingerprint density at radius 1 is 1.38 bits per heavy atom. The van der Waals surface area contributed by atoms with Gasteiger partial charge in [-0.25, -0.2) is 9.67 Å².